The van der Waals surface area contributed by atoms with Crippen LogP contribution < -0.4 is 4.74 Å². The Bertz CT molecular complexity index is 1010. The third-order valence-corrected chi connectivity index (χ3v) is 5.58. The maximum Gasteiger partial charge on any atom is 0.227 e. The summed E-state index contributed by atoms with van der Waals surface area (Å²) in [5, 5.41) is 14.9. The fourth-order valence-corrected chi connectivity index (χ4v) is 3.58. The van der Waals surface area contributed by atoms with Crippen molar-refractivity contribution in [2.24, 2.45) is 0 Å². The smallest absolute Gasteiger partial charge is 0.227 e. The van der Waals surface area contributed by atoms with Crippen LogP contribution in [0, 0.1) is 18.6 Å². The lowest BCUT2D eigenvalue weighted by Crippen LogP contribution is -2.33. The van der Waals surface area contributed by atoms with E-state index in [2.05, 4.69) is 10.00 Å². The minimum absolute atomic E-state index is 0.331. The van der Waals surface area contributed by atoms with Crippen LogP contribution in [0.25, 0.3) is 5.69 Å². The Labute approximate surface area is 180 Å². The van der Waals surface area contributed by atoms with Gasteiger partial charge in [0.1, 0.15) is 17.4 Å². The van der Waals surface area contributed by atoms with Gasteiger partial charge in [0.15, 0.2) is 0 Å². The van der Waals surface area contributed by atoms with E-state index >= 15 is 0 Å². The van der Waals surface area contributed by atoms with Gasteiger partial charge in [-0.25, -0.2) is 13.5 Å². The van der Waals surface area contributed by atoms with Gasteiger partial charge < -0.3 is 9.84 Å². The Kier molecular flexibility index (Phi) is 6.34. The molecule has 7 heteroatoms. The Morgan fingerprint density at radius 2 is 1.71 bits per heavy atom. The number of ether oxygens (including phenoxy) is 1. The summed E-state index contributed by atoms with van der Waals surface area (Å²) in [7, 11) is 0. The average Bonchev–Trinajstić information content (AvgIpc) is 3.56. The van der Waals surface area contributed by atoms with Crippen molar-refractivity contribution in [3.63, 3.8) is 0 Å². The zero-order chi connectivity index (χ0) is 22.0. The van der Waals surface area contributed by atoms with Crippen molar-refractivity contribution in [2.45, 2.75) is 51.8 Å². The lowest BCUT2D eigenvalue weighted by atomic mass is 10.2. The molecule has 4 rings (SSSR count). The minimum Gasteiger partial charge on any atom is -0.439 e. The number of hydrogen-bond acceptors (Lipinski definition) is 4. The molecule has 0 bridgehead atoms. The van der Waals surface area contributed by atoms with Crippen LogP contribution in [0.1, 0.15) is 37.4 Å². The fraction of sp³-hybridized carbons (Fsp3) is 0.375. The highest BCUT2D eigenvalue weighted by molar-refractivity contribution is 5.43. The largest absolute Gasteiger partial charge is 0.439 e. The molecule has 31 heavy (non-hydrogen) atoms. The van der Waals surface area contributed by atoms with Gasteiger partial charge in [0.05, 0.1) is 23.0 Å². The maximum atomic E-state index is 13.5. The number of hydrogen-bond donors (Lipinski definition) is 1. The zero-order valence-electron chi connectivity index (χ0n) is 17.8. The van der Waals surface area contributed by atoms with Gasteiger partial charge in [-0.3, -0.25) is 4.90 Å². The van der Waals surface area contributed by atoms with Gasteiger partial charge in [0, 0.05) is 19.1 Å². The molecule has 0 saturated heterocycles. The zero-order valence-corrected chi connectivity index (χ0v) is 17.8. The molecule has 0 aliphatic heterocycles. The second-order valence-corrected chi connectivity index (χ2v) is 8.04. The van der Waals surface area contributed by atoms with E-state index in [1.807, 2.05) is 13.8 Å². The Morgan fingerprint density at radius 3 is 2.29 bits per heavy atom. The van der Waals surface area contributed by atoms with E-state index in [0.29, 0.717) is 42.9 Å². The number of aliphatic hydroxyl groups excluding tert-OH is 1. The molecular formula is C24H27F2N3O2. The molecule has 1 heterocycles. The standard InChI is InChI=1S/C24H27F2N3O2/c1-3-21(30)14-28(19-10-11-19)15-23-16(2)27-29(20-8-4-17(25)5-9-20)24(23)31-22-12-6-18(26)7-13-22/h4-9,12-13,19,21,30H,3,10-11,14-15H2,1-2H3. The highest BCUT2D eigenvalue weighted by Gasteiger charge is 2.32. The molecule has 1 aliphatic rings. The average molecular weight is 427 g/mol. The van der Waals surface area contributed by atoms with Crippen LogP contribution in [0.2, 0.25) is 0 Å². The number of halogens is 2. The molecule has 1 saturated carbocycles. The van der Waals surface area contributed by atoms with E-state index in [-0.39, 0.29) is 11.6 Å². The minimum atomic E-state index is -0.394. The first-order valence-electron chi connectivity index (χ1n) is 10.6. The molecule has 0 amide bonds. The molecule has 1 aromatic heterocycles. The third kappa shape index (κ3) is 5.11. The predicted molar refractivity (Wildman–Crippen MR) is 114 cm³/mol. The Hall–Kier alpha value is -2.77. The number of aromatic nitrogens is 2. The lowest BCUT2D eigenvalue weighted by molar-refractivity contribution is 0.100. The molecule has 3 aromatic rings. The molecule has 164 valence electrons. The Balaban J connectivity index is 1.72. The van der Waals surface area contributed by atoms with E-state index in [9.17, 15) is 13.9 Å². The summed E-state index contributed by atoms with van der Waals surface area (Å²) in [6.07, 6.45) is 2.51. The topological polar surface area (TPSA) is 50.5 Å². The first-order valence-corrected chi connectivity index (χ1v) is 10.6. The summed E-state index contributed by atoms with van der Waals surface area (Å²) >= 11 is 0. The number of aryl methyl sites for hydroxylation is 1. The van der Waals surface area contributed by atoms with Crippen molar-refractivity contribution in [1.29, 1.82) is 0 Å². The van der Waals surface area contributed by atoms with Gasteiger partial charge in [-0.05, 0) is 74.7 Å². The van der Waals surface area contributed by atoms with Crippen molar-refractivity contribution in [1.82, 2.24) is 14.7 Å². The van der Waals surface area contributed by atoms with Crippen molar-refractivity contribution >= 4 is 0 Å². The highest BCUT2D eigenvalue weighted by Crippen LogP contribution is 2.35. The van der Waals surface area contributed by atoms with E-state index < -0.39 is 6.10 Å². The summed E-state index contributed by atoms with van der Waals surface area (Å²) in [6, 6.07) is 12.3. The van der Waals surface area contributed by atoms with Crippen LogP contribution in [0.15, 0.2) is 48.5 Å². The number of rotatable bonds is 9. The molecule has 2 aromatic carbocycles. The molecule has 1 N–H and O–H groups in total. The molecule has 1 fully saturated rings. The van der Waals surface area contributed by atoms with Gasteiger partial charge in [-0.1, -0.05) is 6.92 Å². The van der Waals surface area contributed by atoms with Gasteiger partial charge in [0.2, 0.25) is 5.88 Å². The number of benzene rings is 2. The predicted octanol–water partition coefficient (Wildman–Crippen LogP) is 4.99. The summed E-state index contributed by atoms with van der Waals surface area (Å²) < 4.78 is 34.7. The Morgan fingerprint density at radius 1 is 1.10 bits per heavy atom. The van der Waals surface area contributed by atoms with Crippen LogP contribution >= 0.6 is 0 Å². The molecule has 1 aliphatic carbocycles. The third-order valence-electron chi connectivity index (χ3n) is 5.58. The van der Waals surface area contributed by atoms with Gasteiger partial charge in [0.25, 0.3) is 0 Å². The molecule has 0 spiro atoms. The van der Waals surface area contributed by atoms with Crippen molar-refractivity contribution in [2.75, 3.05) is 6.54 Å². The maximum absolute atomic E-state index is 13.5. The first kappa shape index (κ1) is 21.5. The van der Waals surface area contributed by atoms with E-state index in [1.54, 1.807) is 28.9 Å². The number of nitrogens with zero attached hydrogens (tertiary/aromatic N) is 3. The second-order valence-electron chi connectivity index (χ2n) is 8.04. The summed E-state index contributed by atoms with van der Waals surface area (Å²) in [5.74, 6) is 0.316. The van der Waals surface area contributed by atoms with Crippen LogP contribution in [0.3, 0.4) is 0 Å². The summed E-state index contributed by atoms with van der Waals surface area (Å²) in [4.78, 5) is 2.27. The van der Waals surface area contributed by atoms with E-state index in [0.717, 1.165) is 24.1 Å². The monoisotopic (exact) mass is 427 g/mol. The summed E-state index contributed by atoms with van der Waals surface area (Å²) in [6.45, 7) is 5.04. The first-order chi connectivity index (χ1) is 14.9. The van der Waals surface area contributed by atoms with E-state index in [1.165, 1.54) is 24.3 Å². The van der Waals surface area contributed by atoms with Gasteiger partial charge >= 0.3 is 0 Å². The van der Waals surface area contributed by atoms with E-state index in [4.69, 9.17) is 4.74 Å². The fourth-order valence-electron chi connectivity index (χ4n) is 3.58. The summed E-state index contributed by atoms with van der Waals surface area (Å²) in [5.41, 5.74) is 2.35. The van der Waals surface area contributed by atoms with Crippen molar-refractivity contribution in [3.05, 3.63) is 71.4 Å². The normalized spacial score (nSPS) is 14.8. The quantitative estimate of drug-likeness (QED) is 0.523. The van der Waals surface area contributed by atoms with Crippen molar-refractivity contribution < 1.29 is 18.6 Å². The lowest BCUT2D eigenvalue weighted by Gasteiger charge is -2.25. The molecule has 1 unspecified atom stereocenters. The van der Waals surface area contributed by atoms with Gasteiger partial charge in [-0.2, -0.15) is 5.10 Å². The second kappa shape index (κ2) is 9.16. The van der Waals surface area contributed by atoms with Gasteiger partial charge in [-0.15, -0.1) is 0 Å². The molecule has 1 atom stereocenters. The van der Waals surface area contributed by atoms with Crippen LogP contribution in [0.4, 0.5) is 8.78 Å². The van der Waals surface area contributed by atoms with Crippen molar-refractivity contribution in [3.8, 4) is 17.3 Å². The SMILES string of the molecule is CCC(O)CN(Cc1c(C)nn(-c2ccc(F)cc2)c1Oc1ccc(F)cc1)C1CC1. The molecule has 0 radical (unpaired) electrons. The van der Waals surface area contributed by atoms with Crippen LogP contribution in [-0.2, 0) is 6.54 Å². The van der Waals surface area contributed by atoms with Crippen LogP contribution in [0.5, 0.6) is 11.6 Å². The number of aliphatic hydroxyl groups is 1. The molecule has 5 nitrogen and oxygen atoms in total. The highest BCUT2D eigenvalue weighted by atomic mass is 19.1. The van der Waals surface area contributed by atoms with Crippen LogP contribution in [-0.4, -0.2) is 38.5 Å². The molecular weight excluding hydrogens is 400 g/mol.